The fourth-order valence-electron chi connectivity index (χ4n) is 3.55. The number of amides is 2. The van der Waals surface area contributed by atoms with E-state index >= 15 is 0 Å². The van der Waals surface area contributed by atoms with Crippen molar-refractivity contribution in [1.29, 1.82) is 0 Å². The van der Waals surface area contributed by atoms with Crippen molar-refractivity contribution in [2.75, 3.05) is 0 Å². The Morgan fingerprint density at radius 1 is 1.03 bits per heavy atom. The summed E-state index contributed by atoms with van der Waals surface area (Å²) in [6.45, 7) is 4.37. The van der Waals surface area contributed by atoms with E-state index in [1.165, 1.54) is 11.1 Å². The summed E-state index contributed by atoms with van der Waals surface area (Å²) in [4.78, 5) is 12.6. The summed E-state index contributed by atoms with van der Waals surface area (Å²) >= 11 is 14.3. The minimum atomic E-state index is -0.433. The molecule has 180 valence electrons. The van der Waals surface area contributed by atoms with Crippen LogP contribution in [0.5, 0.6) is 0 Å². The predicted molar refractivity (Wildman–Crippen MR) is 142 cm³/mol. The molecule has 4 aromatic rings. The van der Waals surface area contributed by atoms with Crippen LogP contribution in [0.15, 0.2) is 78.0 Å². The van der Waals surface area contributed by atoms with Gasteiger partial charge in [-0.1, -0.05) is 89.6 Å². The molecule has 4 rings (SSSR count). The quantitative estimate of drug-likeness (QED) is 0.250. The molecule has 0 saturated carbocycles. The molecule has 0 bridgehead atoms. The molecule has 0 aliphatic carbocycles. The lowest BCUT2D eigenvalue weighted by molar-refractivity contribution is 0.237. The van der Waals surface area contributed by atoms with Gasteiger partial charge < -0.3 is 10.6 Å². The van der Waals surface area contributed by atoms with Crippen LogP contribution in [0.2, 0.25) is 10.0 Å². The summed E-state index contributed by atoms with van der Waals surface area (Å²) in [6, 6.07) is 22.5. The van der Waals surface area contributed by atoms with Gasteiger partial charge in [0.2, 0.25) is 0 Å². The molecule has 0 aliphatic rings. The van der Waals surface area contributed by atoms with Crippen molar-refractivity contribution in [2.45, 2.75) is 37.3 Å². The number of benzene rings is 3. The number of urea groups is 1. The Bertz CT molecular complexity index is 1310. The summed E-state index contributed by atoms with van der Waals surface area (Å²) in [5, 5.41) is 16.4. The highest BCUT2D eigenvalue weighted by molar-refractivity contribution is 7.98. The minimum absolute atomic E-state index is 0.299. The maximum absolute atomic E-state index is 12.6. The molecule has 2 amide bonds. The lowest BCUT2D eigenvalue weighted by Gasteiger charge is -2.18. The molecule has 0 fully saturated rings. The van der Waals surface area contributed by atoms with Crippen LogP contribution in [0.3, 0.4) is 0 Å². The van der Waals surface area contributed by atoms with E-state index in [1.54, 1.807) is 23.9 Å². The summed E-state index contributed by atoms with van der Waals surface area (Å²) < 4.78 is 1.88. The van der Waals surface area contributed by atoms with E-state index in [-0.39, 0.29) is 6.03 Å². The van der Waals surface area contributed by atoms with Gasteiger partial charge in [0.05, 0.1) is 16.8 Å². The van der Waals surface area contributed by atoms with Gasteiger partial charge >= 0.3 is 6.03 Å². The Morgan fingerprint density at radius 2 is 1.77 bits per heavy atom. The minimum Gasteiger partial charge on any atom is -0.334 e. The van der Waals surface area contributed by atoms with Crippen LogP contribution in [0.25, 0.3) is 5.69 Å². The first-order valence-electron chi connectivity index (χ1n) is 11.1. The molecule has 1 aromatic heterocycles. The van der Waals surface area contributed by atoms with E-state index in [0.29, 0.717) is 33.3 Å². The second-order valence-corrected chi connectivity index (χ2v) is 9.81. The fourth-order valence-corrected chi connectivity index (χ4v) is 5.07. The summed E-state index contributed by atoms with van der Waals surface area (Å²) in [5.74, 6) is 1.28. The highest BCUT2D eigenvalue weighted by Gasteiger charge is 2.22. The second kappa shape index (κ2) is 11.6. The first-order chi connectivity index (χ1) is 16.9. The number of hydrogen-bond donors (Lipinski definition) is 2. The number of thioether (sulfide) groups is 1. The molecule has 1 heterocycles. The molecule has 0 aliphatic heterocycles. The molecule has 0 saturated heterocycles. The average Bonchev–Trinajstić information content (AvgIpc) is 3.27. The van der Waals surface area contributed by atoms with E-state index in [9.17, 15) is 4.79 Å². The molecule has 0 radical (unpaired) electrons. The van der Waals surface area contributed by atoms with Gasteiger partial charge in [-0.25, -0.2) is 4.79 Å². The third-order valence-corrected chi connectivity index (χ3v) is 6.97. The Labute approximate surface area is 219 Å². The molecule has 6 nitrogen and oxygen atoms in total. The molecule has 0 spiro atoms. The van der Waals surface area contributed by atoms with Crippen LogP contribution in [-0.2, 0) is 12.3 Å². The fraction of sp³-hybridized carbons (Fsp3) is 0.192. The number of nitrogens with one attached hydrogen (secondary N) is 2. The third kappa shape index (κ3) is 6.36. The van der Waals surface area contributed by atoms with Crippen LogP contribution in [0.1, 0.15) is 35.5 Å². The van der Waals surface area contributed by atoms with Crippen molar-refractivity contribution < 1.29 is 4.79 Å². The molecule has 1 atom stereocenters. The number of aromatic nitrogens is 3. The maximum Gasteiger partial charge on any atom is 0.315 e. The normalized spacial score (nSPS) is 11.8. The van der Waals surface area contributed by atoms with Crippen molar-refractivity contribution in [2.24, 2.45) is 0 Å². The van der Waals surface area contributed by atoms with Crippen molar-refractivity contribution in [3.05, 3.63) is 105 Å². The number of aryl methyl sites for hydroxylation is 1. The van der Waals surface area contributed by atoms with Crippen LogP contribution >= 0.6 is 35.0 Å². The SMILES string of the molecule is Cc1ccccc1CSc1nnc(C(C)NC(=O)NCc2ccccc2)n1-c1ccc(Cl)cc1Cl. The largest absolute Gasteiger partial charge is 0.334 e. The van der Waals surface area contributed by atoms with Gasteiger partial charge in [-0.15, -0.1) is 10.2 Å². The highest BCUT2D eigenvalue weighted by Crippen LogP contribution is 2.32. The zero-order valence-corrected chi connectivity index (χ0v) is 21.7. The van der Waals surface area contributed by atoms with Crippen LogP contribution in [0.4, 0.5) is 4.79 Å². The number of carbonyl (C=O) groups is 1. The second-order valence-electron chi connectivity index (χ2n) is 8.02. The lowest BCUT2D eigenvalue weighted by atomic mass is 10.1. The summed E-state index contributed by atoms with van der Waals surface area (Å²) in [5.41, 5.74) is 4.13. The van der Waals surface area contributed by atoms with Gasteiger partial charge in [-0.05, 0) is 48.7 Å². The van der Waals surface area contributed by atoms with E-state index in [1.807, 2.05) is 60.0 Å². The Kier molecular flexibility index (Phi) is 8.33. The van der Waals surface area contributed by atoms with Crippen LogP contribution in [0, 0.1) is 6.92 Å². The van der Waals surface area contributed by atoms with Crippen molar-refractivity contribution in [1.82, 2.24) is 25.4 Å². The summed E-state index contributed by atoms with van der Waals surface area (Å²) in [6.07, 6.45) is 0. The Hall–Kier alpha value is -3.00. The maximum atomic E-state index is 12.6. The zero-order chi connectivity index (χ0) is 24.8. The molecule has 9 heteroatoms. The molecular formula is C26H25Cl2N5OS. The average molecular weight is 526 g/mol. The highest BCUT2D eigenvalue weighted by atomic mass is 35.5. The third-order valence-electron chi connectivity index (χ3n) is 5.46. The molecule has 1 unspecified atom stereocenters. The number of carbonyl (C=O) groups excluding carboxylic acids is 1. The Morgan fingerprint density at radius 3 is 2.51 bits per heavy atom. The van der Waals surface area contributed by atoms with Crippen LogP contribution in [-0.4, -0.2) is 20.8 Å². The van der Waals surface area contributed by atoms with E-state index < -0.39 is 6.04 Å². The molecule has 2 N–H and O–H groups in total. The van der Waals surface area contributed by atoms with Crippen molar-refractivity contribution >= 4 is 41.0 Å². The molecular weight excluding hydrogens is 501 g/mol. The number of hydrogen-bond acceptors (Lipinski definition) is 4. The monoisotopic (exact) mass is 525 g/mol. The van der Waals surface area contributed by atoms with E-state index in [4.69, 9.17) is 23.2 Å². The Balaban J connectivity index is 1.57. The van der Waals surface area contributed by atoms with Crippen LogP contribution < -0.4 is 10.6 Å². The summed E-state index contributed by atoms with van der Waals surface area (Å²) in [7, 11) is 0. The number of halogens is 2. The topological polar surface area (TPSA) is 71.8 Å². The first-order valence-corrected chi connectivity index (χ1v) is 12.8. The smallest absolute Gasteiger partial charge is 0.315 e. The lowest BCUT2D eigenvalue weighted by Crippen LogP contribution is -2.37. The van der Waals surface area contributed by atoms with Gasteiger partial charge in [0.1, 0.15) is 0 Å². The van der Waals surface area contributed by atoms with Gasteiger partial charge in [-0.3, -0.25) is 4.57 Å². The van der Waals surface area contributed by atoms with Crippen molar-refractivity contribution in [3.63, 3.8) is 0 Å². The van der Waals surface area contributed by atoms with Crippen molar-refractivity contribution in [3.8, 4) is 5.69 Å². The predicted octanol–water partition coefficient (Wildman–Crippen LogP) is 6.74. The van der Waals surface area contributed by atoms with Gasteiger partial charge in [0, 0.05) is 17.3 Å². The molecule has 35 heavy (non-hydrogen) atoms. The van der Waals surface area contributed by atoms with E-state index in [0.717, 1.165) is 11.3 Å². The van der Waals surface area contributed by atoms with E-state index in [2.05, 4.69) is 39.9 Å². The first kappa shape index (κ1) is 25.1. The zero-order valence-electron chi connectivity index (χ0n) is 19.3. The van der Waals surface area contributed by atoms with Gasteiger partial charge in [0.15, 0.2) is 11.0 Å². The van der Waals surface area contributed by atoms with Gasteiger partial charge in [0.25, 0.3) is 0 Å². The van der Waals surface area contributed by atoms with Gasteiger partial charge in [-0.2, -0.15) is 0 Å². The standard InChI is InChI=1S/C26H25Cl2N5OS/c1-17-8-6-7-11-20(17)16-35-26-32-31-24(33(26)23-13-12-21(27)14-22(23)28)18(2)30-25(34)29-15-19-9-4-3-5-10-19/h3-14,18H,15-16H2,1-2H3,(H2,29,30,34). The molecule has 3 aromatic carbocycles. The number of nitrogens with zero attached hydrogens (tertiary/aromatic N) is 3. The number of rotatable bonds is 8.